The maximum Gasteiger partial charge on any atom is 0.404 e. The number of methoxy groups -OCH3 is 2. The van der Waals surface area contributed by atoms with Crippen LogP contribution in [0.3, 0.4) is 0 Å². The summed E-state index contributed by atoms with van der Waals surface area (Å²) < 4.78 is 41.8. The number of ether oxygens (including phenoxy) is 7. The number of primary amides is 1. The Morgan fingerprint density at radius 3 is 2.25 bits per heavy atom. The molecule has 0 spiro atoms. The van der Waals surface area contributed by atoms with Gasteiger partial charge in [-0.25, -0.2) is 9.59 Å². The van der Waals surface area contributed by atoms with Crippen molar-refractivity contribution in [1.82, 2.24) is 0 Å². The van der Waals surface area contributed by atoms with Crippen LogP contribution >= 0.6 is 0 Å². The Hall–Kier alpha value is -3.08. The van der Waals surface area contributed by atoms with Gasteiger partial charge in [0.1, 0.15) is 12.2 Å². The fraction of sp³-hybridized carbons (Fsp3) is 0.733. The smallest absolute Gasteiger partial charge is 0.404 e. The zero-order chi connectivity index (χ0) is 44.3. The highest BCUT2D eigenvalue weighted by Crippen LogP contribution is 2.37. The first-order chi connectivity index (χ1) is 27.7. The van der Waals surface area contributed by atoms with Crippen LogP contribution in [0, 0.1) is 35.5 Å². The highest BCUT2D eigenvalue weighted by molar-refractivity contribution is 5.87. The van der Waals surface area contributed by atoms with E-state index in [1.54, 1.807) is 32.9 Å². The van der Waals surface area contributed by atoms with Crippen LogP contribution in [0.25, 0.3) is 0 Å². The molecular weight excluding hydrogens is 762 g/mol. The van der Waals surface area contributed by atoms with E-state index in [-0.39, 0.29) is 36.0 Å². The maximum absolute atomic E-state index is 13.9. The molecule has 3 aliphatic rings. The van der Waals surface area contributed by atoms with Crippen LogP contribution in [-0.4, -0.2) is 120 Å². The van der Waals surface area contributed by atoms with Crippen LogP contribution < -0.4 is 5.73 Å². The summed E-state index contributed by atoms with van der Waals surface area (Å²) in [4.78, 5) is 25.3. The van der Waals surface area contributed by atoms with E-state index in [0.717, 1.165) is 5.57 Å². The van der Waals surface area contributed by atoms with E-state index in [4.69, 9.17) is 38.9 Å². The lowest BCUT2D eigenvalue weighted by Gasteiger charge is -2.46. The minimum atomic E-state index is -1.07. The van der Waals surface area contributed by atoms with Crippen molar-refractivity contribution in [3.63, 3.8) is 0 Å². The number of hydrogen-bond donors (Lipinski definition) is 5. The second-order valence-corrected chi connectivity index (χ2v) is 17.1. The first kappa shape index (κ1) is 50.3. The molecule has 0 aromatic heterocycles. The molecule has 0 aromatic rings. The van der Waals surface area contributed by atoms with Gasteiger partial charge in [0.25, 0.3) is 0 Å². The van der Waals surface area contributed by atoms with Crippen molar-refractivity contribution in [1.29, 1.82) is 0 Å². The normalized spacial score (nSPS) is 41.9. The number of amides is 1. The van der Waals surface area contributed by atoms with Crippen LogP contribution in [0.1, 0.15) is 88.5 Å². The minimum absolute atomic E-state index is 0.0581. The molecule has 336 valence electrons. The third kappa shape index (κ3) is 13.7. The van der Waals surface area contributed by atoms with Gasteiger partial charge >= 0.3 is 12.1 Å². The summed E-state index contributed by atoms with van der Waals surface area (Å²) >= 11 is 0. The number of rotatable bonds is 10. The molecule has 0 radical (unpaired) electrons. The Kier molecular flexibility index (Phi) is 19.8. The van der Waals surface area contributed by atoms with Gasteiger partial charge in [0.15, 0.2) is 12.4 Å². The molecule has 0 aliphatic carbocycles. The second kappa shape index (κ2) is 23.2. The van der Waals surface area contributed by atoms with E-state index in [0.29, 0.717) is 18.4 Å². The Morgan fingerprint density at radius 1 is 0.983 bits per heavy atom. The molecule has 14 nitrogen and oxygen atoms in total. The summed E-state index contributed by atoms with van der Waals surface area (Å²) in [6, 6.07) is 0. The van der Waals surface area contributed by atoms with Gasteiger partial charge in [-0.2, -0.15) is 0 Å². The van der Waals surface area contributed by atoms with Crippen molar-refractivity contribution in [3.05, 3.63) is 59.4 Å². The molecule has 2 saturated heterocycles. The first-order valence-corrected chi connectivity index (χ1v) is 21.0. The number of aliphatic hydroxyl groups is 4. The van der Waals surface area contributed by atoms with Gasteiger partial charge in [0.2, 0.25) is 5.76 Å². The maximum atomic E-state index is 13.9. The van der Waals surface area contributed by atoms with Crippen molar-refractivity contribution >= 4 is 12.1 Å². The molecule has 3 aliphatic heterocycles. The number of allylic oxidation sites excluding steroid dienone is 6. The van der Waals surface area contributed by atoms with Crippen molar-refractivity contribution in [3.8, 4) is 0 Å². The number of cyclic esters (lactones) is 1. The Bertz CT molecular complexity index is 1500. The number of nitrogens with two attached hydrogens (primary N) is 1. The van der Waals surface area contributed by atoms with E-state index in [1.165, 1.54) is 14.2 Å². The van der Waals surface area contributed by atoms with Gasteiger partial charge in [-0.1, -0.05) is 89.1 Å². The number of aliphatic hydroxyl groups excluding tert-OH is 4. The van der Waals surface area contributed by atoms with Crippen molar-refractivity contribution < 1.29 is 63.2 Å². The summed E-state index contributed by atoms with van der Waals surface area (Å²) in [6.45, 7) is 18.7. The Balaban J connectivity index is 1.95. The highest BCUT2D eigenvalue weighted by atomic mass is 16.7. The minimum Gasteiger partial charge on any atom is -0.490 e. The largest absolute Gasteiger partial charge is 0.490 e. The average Bonchev–Trinajstić information content (AvgIpc) is 3.18. The molecule has 18 atom stereocenters. The van der Waals surface area contributed by atoms with Crippen LogP contribution in [0.15, 0.2) is 59.4 Å². The number of carbonyl (C=O) groups excluding carboxylic acids is 2. The Labute approximate surface area is 351 Å². The van der Waals surface area contributed by atoms with Gasteiger partial charge in [0.05, 0.1) is 55.9 Å². The zero-order valence-corrected chi connectivity index (χ0v) is 37.1. The quantitative estimate of drug-likeness (QED) is 0.141. The summed E-state index contributed by atoms with van der Waals surface area (Å²) in [6.07, 6.45) is 3.58. The lowest BCUT2D eigenvalue weighted by Crippen LogP contribution is -2.54. The van der Waals surface area contributed by atoms with E-state index in [2.05, 4.69) is 0 Å². The van der Waals surface area contributed by atoms with Crippen molar-refractivity contribution in [2.24, 2.45) is 41.2 Å². The van der Waals surface area contributed by atoms with Crippen molar-refractivity contribution in [2.75, 3.05) is 14.2 Å². The van der Waals surface area contributed by atoms with E-state index >= 15 is 0 Å². The Morgan fingerprint density at radius 2 is 1.66 bits per heavy atom. The summed E-state index contributed by atoms with van der Waals surface area (Å²) in [5, 5.41) is 45.3. The van der Waals surface area contributed by atoms with Gasteiger partial charge in [0, 0.05) is 49.5 Å². The third-order valence-electron chi connectivity index (χ3n) is 12.4. The number of hydrogen-bond acceptors (Lipinski definition) is 13. The lowest BCUT2D eigenvalue weighted by atomic mass is 9.79. The summed E-state index contributed by atoms with van der Waals surface area (Å²) in [7, 11) is 2.88. The molecule has 0 bridgehead atoms. The van der Waals surface area contributed by atoms with Crippen LogP contribution in [-0.2, 0) is 38.0 Å². The lowest BCUT2D eigenvalue weighted by molar-refractivity contribution is -0.279. The van der Waals surface area contributed by atoms with Crippen LogP contribution in [0.4, 0.5) is 4.79 Å². The SMILES string of the molecule is C/C=C/[C@H]1O[C@@H]([C@@H](C)[C@H](O)[C@H](C)[C@H]2OC(=O)/C(OC)=C/C(C)=C/[C@@H](C)[C@@H](O)[C@@H](C)[C@@H](O)[C@H](C)C/C(C)=C/C=C/[C@@H]2OC)C[C@@H](O[C@@H]2C[C@H](O)[C@@H](OC(N)=O)[C@H](C)O2)[C@@H]1C. The van der Waals surface area contributed by atoms with Crippen molar-refractivity contribution in [2.45, 2.75) is 162 Å². The van der Waals surface area contributed by atoms with Crippen LogP contribution in [0.5, 0.6) is 0 Å². The number of carbonyl (C=O) groups is 2. The highest BCUT2D eigenvalue weighted by Gasteiger charge is 2.46. The number of esters is 1. The molecule has 0 aromatic carbocycles. The monoisotopic (exact) mass is 836 g/mol. The van der Waals surface area contributed by atoms with E-state index in [9.17, 15) is 30.0 Å². The average molecular weight is 836 g/mol. The summed E-state index contributed by atoms with van der Waals surface area (Å²) in [5.74, 6) is -3.04. The van der Waals surface area contributed by atoms with Gasteiger partial charge < -0.3 is 59.3 Å². The topological polar surface area (TPSA) is 206 Å². The zero-order valence-electron chi connectivity index (χ0n) is 37.1. The standard InChI is InChI=1S/C45H73NO13/c1-13-15-33-27(6)35(57-38-21-32(47)43(31(10)55-38)59-45(46)52)22-36(56-33)28(7)41(50)30(9)42-34(53-11)17-14-16-23(2)18-25(4)39(48)29(8)40(49)26(5)19-24(3)20-37(54-12)44(51)58-42/h13-17,19-20,25-36,38-43,47-50H,18,21-22H2,1-12H3,(H2,46,52)/b15-13+,17-14+,23-16+,24-19+,37-20-/t25-,26-,27-,28-,29+,30+,31+,32+,33-,34+,35-,36-,38-,39+,40-,41+,42-,43+/m1/s1. The molecule has 6 N–H and O–H groups in total. The first-order valence-electron chi connectivity index (χ1n) is 21.0. The molecule has 2 fully saturated rings. The second-order valence-electron chi connectivity index (χ2n) is 17.1. The fourth-order valence-corrected chi connectivity index (χ4v) is 8.64. The molecule has 59 heavy (non-hydrogen) atoms. The third-order valence-corrected chi connectivity index (χ3v) is 12.4. The molecule has 14 heteroatoms. The van der Waals surface area contributed by atoms with Gasteiger partial charge in [-0.05, 0) is 46.1 Å². The predicted octanol–water partition coefficient (Wildman–Crippen LogP) is 5.27. The fourth-order valence-electron chi connectivity index (χ4n) is 8.64. The molecule has 3 heterocycles. The molecule has 0 saturated carbocycles. The van der Waals surface area contributed by atoms with E-state index < -0.39 is 97.1 Å². The van der Waals surface area contributed by atoms with E-state index in [1.807, 2.05) is 78.8 Å². The predicted molar refractivity (Wildman–Crippen MR) is 222 cm³/mol. The molecule has 0 unspecified atom stereocenters. The molecule has 3 rings (SSSR count). The van der Waals surface area contributed by atoms with Gasteiger partial charge in [-0.15, -0.1) is 0 Å². The summed E-state index contributed by atoms with van der Waals surface area (Å²) in [5.41, 5.74) is 6.85. The molecular formula is C45H73NO13. The molecule has 1 amide bonds. The van der Waals surface area contributed by atoms with Crippen LogP contribution in [0.2, 0.25) is 0 Å². The van der Waals surface area contributed by atoms with Gasteiger partial charge in [-0.3, -0.25) is 0 Å².